The highest BCUT2D eigenvalue weighted by Crippen LogP contribution is 2.30. The first-order valence-electron chi connectivity index (χ1n) is 5.63. The SMILES string of the molecule is Cn1nc(-c2ccc3c(c2)CCS3(=O)=O)cc1N. The molecule has 94 valence electrons. The number of hydrogen-bond acceptors (Lipinski definition) is 4. The number of sulfone groups is 1. The first-order chi connectivity index (χ1) is 8.47. The molecule has 0 atom stereocenters. The van der Waals surface area contributed by atoms with E-state index in [0.29, 0.717) is 17.1 Å². The molecule has 1 aromatic carbocycles. The summed E-state index contributed by atoms with van der Waals surface area (Å²) >= 11 is 0. The van der Waals surface area contributed by atoms with Crippen LogP contribution in [0.2, 0.25) is 0 Å². The van der Waals surface area contributed by atoms with Crippen molar-refractivity contribution in [3.8, 4) is 11.3 Å². The molecular weight excluding hydrogens is 250 g/mol. The summed E-state index contributed by atoms with van der Waals surface area (Å²) in [5.41, 5.74) is 8.28. The summed E-state index contributed by atoms with van der Waals surface area (Å²) in [6.07, 6.45) is 0.577. The van der Waals surface area contributed by atoms with E-state index < -0.39 is 9.84 Å². The third kappa shape index (κ3) is 1.60. The number of anilines is 1. The summed E-state index contributed by atoms with van der Waals surface area (Å²) in [5.74, 6) is 0.786. The quantitative estimate of drug-likeness (QED) is 0.832. The molecule has 2 aromatic rings. The number of nitrogen functional groups attached to an aromatic ring is 1. The molecule has 0 radical (unpaired) electrons. The van der Waals surface area contributed by atoms with Gasteiger partial charge in [-0.05, 0) is 24.1 Å². The Morgan fingerprint density at radius 3 is 2.78 bits per heavy atom. The van der Waals surface area contributed by atoms with E-state index in [1.165, 1.54) is 0 Å². The van der Waals surface area contributed by atoms with Crippen LogP contribution < -0.4 is 5.73 Å². The second-order valence-corrected chi connectivity index (χ2v) is 6.55. The summed E-state index contributed by atoms with van der Waals surface area (Å²) in [5, 5.41) is 4.28. The molecule has 1 aliphatic rings. The lowest BCUT2D eigenvalue weighted by atomic mass is 10.1. The Morgan fingerprint density at radius 2 is 2.11 bits per heavy atom. The van der Waals surface area contributed by atoms with Crippen LogP contribution in [-0.4, -0.2) is 24.0 Å². The molecule has 2 N–H and O–H groups in total. The van der Waals surface area contributed by atoms with Crippen molar-refractivity contribution >= 4 is 15.7 Å². The van der Waals surface area contributed by atoms with Gasteiger partial charge in [-0.3, -0.25) is 4.68 Å². The van der Waals surface area contributed by atoms with Crippen LogP contribution in [-0.2, 0) is 23.3 Å². The lowest BCUT2D eigenvalue weighted by Crippen LogP contribution is -1.98. The van der Waals surface area contributed by atoms with Gasteiger partial charge in [0, 0.05) is 18.7 Å². The summed E-state index contributed by atoms with van der Waals surface area (Å²) in [6, 6.07) is 7.12. The largest absolute Gasteiger partial charge is 0.384 e. The average Bonchev–Trinajstić information content (AvgIpc) is 2.81. The van der Waals surface area contributed by atoms with Gasteiger partial charge in [-0.2, -0.15) is 5.10 Å². The maximum absolute atomic E-state index is 11.7. The Kier molecular flexibility index (Phi) is 2.25. The van der Waals surface area contributed by atoms with Gasteiger partial charge in [-0.15, -0.1) is 0 Å². The Labute approximate surface area is 105 Å². The van der Waals surface area contributed by atoms with Gasteiger partial charge in [0.25, 0.3) is 0 Å². The number of benzene rings is 1. The molecule has 0 saturated heterocycles. The molecule has 3 rings (SSSR count). The number of aryl methyl sites for hydroxylation is 2. The fourth-order valence-electron chi connectivity index (χ4n) is 2.21. The molecule has 2 heterocycles. The summed E-state index contributed by atoms with van der Waals surface area (Å²) in [4.78, 5) is 0.454. The van der Waals surface area contributed by atoms with Gasteiger partial charge in [-0.25, -0.2) is 8.42 Å². The lowest BCUT2D eigenvalue weighted by Gasteiger charge is -2.01. The van der Waals surface area contributed by atoms with Gasteiger partial charge in [-0.1, -0.05) is 6.07 Å². The molecule has 0 spiro atoms. The smallest absolute Gasteiger partial charge is 0.178 e. The van der Waals surface area contributed by atoms with Crippen molar-refractivity contribution in [3.05, 3.63) is 29.8 Å². The van der Waals surface area contributed by atoms with Crippen molar-refractivity contribution in [3.63, 3.8) is 0 Å². The van der Waals surface area contributed by atoms with Crippen molar-refractivity contribution < 1.29 is 8.42 Å². The maximum atomic E-state index is 11.7. The molecule has 18 heavy (non-hydrogen) atoms. The Balaban J connectivity index is 2.12. The first kappa shape index (κ1) is 11.3. The van der Waals surface area contributed by atoms with Crippen LogP contribution in [0.15, 0.2) is 29.2 Å². The molecule has 0 amide bonds. The molecule has 6 heteroatoms. The van der Waals surface area contributed by atoms with Crippen LogP contribution in [0.25, 0.3) is 11.3 Å². The number of rotatable bonds is 1. The minimum Gasteiger partial charge on any atom is -0.384 e. The molecule has 5 nitrogen and oxygen atoms in total. The van der Waals surface area contributed by atoms with Gasteiger partial charge in [0.05, 0.1) is 16.3 Å². The molecular formula is C12H13N3O2S. The first-order valence-corrected chi connectivity index (χ1v) is 7.28. The zero-order valence-corrected chi connectivity index (χ0v) is 10.7. The van der Waals surface area contributed by atoms with Crippen LogP contribution >= 0.6 is 0 Å². The second-order valence-electron chi connectivity index (χ2n) is 4.47. The van der Waals surface area contributed by atoms with Crippen molar-refractivity contribution in [2.75, 3.05) is 11.5 Å². The molecule has 0 unspecified atom stereocenters. The van der Waals surface area contributed by atoms with E-state index in [-0.39, 0.29) is 5.75 Å². The predicted octanol–water partition coefficient (Wildman–Crippen LogP) is 0.999. The summed E-state index contributed by atoms with van der Waals surface area (Å²) in [6.45, 7) is 0. The third-order valence-electron chi connectivity index (χ3n) is 3.25. The van der Waals surface area contributed by atoms with Gasteiger partial charge < -0.3 is 5.73 Å². The van der Waals surface area contributed by atoms with E-state index in [1.807, 2.05) is 6.07 Å². The van der Waals surface area contributed by atoms with E-state index in [4.69, 9.17) is 5.73 Å². The Hall–Kier alpha value is -1.82. The molecule has 1 aromatic heterocycles. The number of nitrogens with two attached hydrogens (primary N) is 1. The van der Waals surface area contributed by atoms with Crippen LogP contribution in [0, 0.1) is 0 Å². The standard InChI is InChI=1S/C12H13N3O2S/c1-15-12(13)7-10(14-15)8-2-3-11-9(6-8)4-5-18(11,16)17/h2-3,6-7H,4-5,13H2,1H3. The Bertz CT molecular complexity index is 712. The van der Waals surface area contributed by atoms with Crippen molar-refractivity contribution in [1.82, 2.24) is 9.78 Å². The van der Waals surface area contributed by atoms with E-state index in [2.05, 4.69) is 5.10 Å². The van der Waals surface area contributed by atoms with Crippen LogP contribution in [0.3, 0.4) is 0 Å². The van der Waals surface area contributed by atoms with E-state index in [9.17, 15) is 8.42 Å². The topological polar surface area (TPSA) is 78.0 Å². The predicted molar refractivity (Wildman–Crippen MR) is 68.8 cm³/mol. The fourth-order valence-corrected chi connectivity index (χ4v) is 3.76. The number of hydrogen-bond donors (Lipinski definition) is 1. The summed E-state index contributed by atoms with van der Waals surface area (Å²) in [7, 11) is -1.28. The number of fused-ring (bicyclic) bond motifs is 1. The van der Waals surface area contributed by atoms with Crippen LogP contribution in [0.4, 0.5) is 5.82 Å². The lowest BCUT2D eigenvalue weighted by molar-refractivity contribution is 0.600. The monoisotopic (exact) mass is 263 g/mol. The van der Waals surface area contributed by atoms with Crippen LogP contribution in [0.5, 0.6) is 0 Å². The van der Waals surface area contributed by atoms with E-state index in [0.717, 1.165) is 16.8 Å². The molecule has 0 bridgehead atoms. The molecule has 0 fully saturated rings. The average molecular weight is 263 g/mol. The highest BCUT2D eigenvalue weighted by atomic mass is 32.2. The normalized spacial score (nSPS) is 16.7. The zero-order chi connectivity index (χ0) is 12.9. The minimum absolute atomic E-state index is 0.205. The van der Waals surface area contributed by atoms with Crippen molar-refractivity contribution in [2.45, 2.75) is 11.3 Å². The summed E-state index contributed by atoms with van der Waals surface area (Å²) < 4.78 is 25.0. The van der Waals surface area contributed by atoms with Crippen molar-refractivity contribution in [2.24, 2.45) is 7.05 Å². The number of aromatic nitrogens is 2. The van der Waals surface area contributed by atoms with Gasteiger partial charge in [0.1, 0.15) is 5.82 Å². The minimum atomic E-state index is -3.06. The van der Waals surface area contributed by atoms with Crippen LogP contribution in [0.1, 0.15) is 5.56 Å². The van der Waals surface area contributed by atoms with Gasteiger partial charge in [0.2, 0.25) is 0 Å². The van der Waals surface area contributed by atoms with Gasteiger partial charge >= 0.3 is 0 Å². The van der Waals surface area contributed by atoms with E-state index >= 15 is 0 Å². The third-order valence-corrected chi connectivity index (χ3v) is 5.06. The fraction of sp³-hybridized carbons (Fsp3) is 0.250. The molecule has 0 aliphatic carbocycles. The zero-order valence-electron chi connectivity index (χ0n) is 9.92. The maximum Gasteiger partial charge on any atom is 0.178 e. The molecule has 0 saturated carbocycles. The Morgan fingerprint density at radius 1 is 1.33 bits per heavy atom. The molecule has 1 aliphatic heterocycles. The number of nitrogens with zero attached hydrogens (tertiary/aromatic N) is 2. The van der Waals surface area contributed by atoms with Crippen molar-refractivity contribution in [1.29, 1.82) is 0 Å². The second kappa shape index (κ2) is 3.58. The highest BCUT2D eigenvalue weighted by Gasteiger charge is 2.26. The van der Waals surface area contributed by atoms with E-state index in [1.54, 1.807) is 29.9 Å². The van der Waals surface area contributed by atoms with Gasteiger partial charge in [0.15, 0.2) is 9.84 Å². The highest BCUT2D eigenvalue weighted by molar-refractivity contribution is 7.91.